The molecule has 3 heteroatoms. The summed E-state index contributed by atoms with van der Waals surface area (Å²) >= 11 is 0. The Balaban J connectivity index is 1.99. The van der Waals surface area contributed by atoms with Gasteiger partial charge in [0, 0.05) is 12.5 Å². The van der Waals surface area contributed by atoms with Crippen LogP contribution in [0, 0.1) is 11.3 Å². The summed E-state index contributed by atoms with van der Waals surface area (Å²) < 4.78 is 0. The first-order valence-electron chi connectivity index (χ1n) is 5.97. The van der Waals surface area contributed by atoms with E-state index in [4.69, 9.17) is 0 Å². The predicted octanol–water partition coefficient (Wildman–Crippen LogP) is 1.41. The van der Waals surface area contributed by atoms with Crippen molar-refractivity contribution in [1.82, 2.24) is 4.90 Å². The van der Waals surface area contributed by atoms with Gasteiger partial charge in [0.25, 0.3) is 0 Å². The summed E-state index contributed by atoms with van der Waals surface area (Å²) in [6.45, 7) is 5.26. The molecule has 2 fully saturated rings. The Morgan fingerprint density at radius 2 is 2.13 bits per heavy atom. The lowest BCUT2D eigenvalue weighted by atomic mass is 10.0. The molecule has 1 saturated carbocycles. The highest BCUT2D eigenvalue weighted by Crippen LogP contribution is 2.52. The lowest BCUT2D eigenvalue weighted by molar-refractivity contribution is -0.138. The van der Waals surface area contributed by atoms with Gasteiger partial charge in [0.2, 0.25) is 5.91 Å². The number of aliphatic hydroxyl groups is 1. The molecule has 0 aromatic heterocycles. The molecule has 15 heavy (non-hydrogen) atoms. The quantitative estimate of drug-likeness (QED) is 0.750. The third kappa shape index (κ3) is 2.03. The van der Waals surface area contributed by atoms with Gasteiger partial charge in [-0.25, -0.2) is 0 Å². The van der Waals surface area contributed by atoms with Gasteiger partial charge in [-0.2, -0.15) is 0 Å². The lowest BCUT2D eigenvalue weighted by Gasteiger charge is -2.35. The molecule has 2 rings (SSSR count). The number of rotatable bonds is 2. The Morgan fingerprint density at radius 3 is 2.67 bits per heavy atom. The molecule has 2 atom stereocenters. The number of piperidine rings is 1. The van der Waals surface area contributed by atoms with Crippen molar-refractivity contribution in [1.29, 1.82) is 0 Å². The first kappa shape index (κ1) is 10.9. The maximum Gasteiger partial charge on any atom is 0.226 e. The van der Waals surface area contributed by atoms with Gasteiger partial charge < -0.3 is 10.0 Å². The first-order valence-corrected chi connectivity index (χ1v) is 5.97. The van der Waals surface area contributed by atoms with Crippen molar-refractivity contribution in [3.05, 3.63) is 0 Å². The average Bonchev–Trinajstić information content (AvgIpc) is 2.86. The third-order valence-electron chi connectivity index (χ3n) is 3.93. The number of hydrogen-bond donors (Lipinski definition) is 1. The monoisotopic (exact) mass is 211 g/mol. The Hall–Kier alpha value is -0.570. The molecular weight excluding hydrogens is 190 g/mol. The number of aliphatic hydroxyl groups excluding tert-OH is 1. The fourth-order valence-corrected chi connectivity index (χ4v) is 2.57. The largest absolute Gasteiger partial charge is 0.394 e. The van der Waals surface area contributed by atoms with E-state index in [1.165, 1.54) is 0 Å². The van der Waals surface area contributed by atoms with Crippen molar-refractivity contribution < 1.29 is 9.90 Å². The zero-order valence-corrected chi connectivity index (χ0v) is 9.70. The highest BCUT2D eigenvalue weighted by Gasteiger charge is 2.52. The van der Waals surface area contributed by atoms with Gasteiger partial charge in [0.05, 0.1) is 12.6 Å². The molecule has 0 bridgehead atoms. The van der Waals surface area contributed by atoms with Crippen LogP contribution in [0.1, 0.15) is 39.5 Å². The van der Waals surface area contributed by atoms with Gasteiger partial charge >= 0.3 is 0 Å². The molecule has 1 aliphatic heterocycles. The van der Waals surface area contributed by atoms with Crippen LogP contribution in [-0.2, 0) is 4.79 Å². The number of amides is 1. The zero-order chi connectivity index (χ0) is 11.1. The number of nitrogens with zero attached hydrogens (tertiary/aromatic N) is 1. The van der Waals surface area contributed by atoms with Crippen LogP contribution in [0.4, 0.5) is 0 Å². The zero-order valence-electron chi connectivity index (χ0n) is 9.70. The molecule has 1 amide bonds. The number of hydrogen-bond acceptors (Lipinski definition) is 2. The maximum atomic E-state index is 12.2. The molecule has 0 radical (unpaired) electrons. The Kier molecular flexibility index (Phi) is 2.75. The summed E-state index contributed by atoms with van der Waals surface area (Å²) in [5, 5.41) is 9.25. The minimum Gasteiger partial charge on any atom is -0.394 e. The molecule has 2 aliphatic rings. The molecule has 0 spiro atoms. The van der Waals surface area contributed by atoms with Crippen molar-refractivity contribution in [3.8, 4) is 0 Å². The summed E-state index contributed by atoms with van der Waals surface area (Å²) in [5.74, 6) is 0.489. The van der Waals surface area contributed by atoms with E-state index in [2.05, 4.69) is 13.8 Å². The fraction of sp³-hybridized carbons (Fsp3) is 0.917. The summed E-state index contributed by atoms with van der Waals surface area (Å²) in [6, 6.07) is 0.0858. The summed E-state index contributed by atoms with van der Waals surface area (Å²) in [7, 11) is 0. The van der Waals surface area contributed by atoms with Crippen LogP contribution in [0.2, 0.25) is 0 Å². The van der Waals surface area contributed by atoms with E-state index < -0.39 is 0 Å². The van der Waals surface area contributed by atoms with Gasteiger partial charge in [-0.15, -0.1) is 0 Å². The molecular formula is C12H21NO2. The number of carbonyl (C=O) groups is 1. The second-order valence-corrected chi connectivity index (χ2v) is 5.61. The molecule has 0 aromatic rings. The normalized spacial score (nSPS) is 33.9. The van der Waals surface area contributed by atoms with Gasteiger partial charge in [0.15, 0.2) is 0 Å². The standard InChI is InChI=1S/C12H21NO2/c1-12(2)7-10(12)11(15)13-6-4-3-5-9(13)8-14/h9-10,14H,3-8H2,1-2H3. The minimum atomic E-state index is 0.0858. The molecule has 1 aliphatic carbocycles. The van der Waals surface area contributed by atoms with Crippen molar-refractivity contribution >= 4 is 5.91 Å². The van der Waals surface area contributed by atoms with Crippen molar-refractivity contribution in [3.63, 3.8) is 0 Å². The first-order chi connectivity index (χ1) is 7.06. The summed E-state index contributed by atoms with van der Waals surface area (Å²) in [5.41, 5.74) is 0.203. The summed E-state index contributed by atoms with van der Waals surface area (Å²) in [4.78, 5) is 14.1. The highest BCUT2D eigenvalue weighted by molar-refractivity contribution is 5.82. The number of carbonyl (C=O) groups excluding carboxylic acids is 1. The predicted molar refractivity (Wildman–Crippen MR) is 58.3 cm³/mol. The molecule has 2 unspecified atom stereocenters. The fourth-order valence-electron chi connectivity index (χ4n) is 2.57. The Labute approximate surface area is 91.5 Å². The van der Waals surface area contributed by atoms with Gasteiger partial charge in [-0.05, 0) is 31.1 Å². The van der Waals surface area contributed by atoms with E-state index in [9.17, 15) is 9.90 Å². The van der Waals surface area contributed by atoms with E-state index in [0.29, 0.717) is 0 Å². The molecule has 1 heterocycles. The smallest absolute Gasteiger partial charge is 0.226 e. The van der Waals surface area contributed by atoms with Crippen LogP contribution < -0.4 is 0 Å². The second-order valence-electron chi connectivity index (χ2n) is 5.61. The van der Waals surface area contributed by atoms with E-state index in [0.717, 1.165) is 32.2 Å². The minimum absolute atomic E-state index is 0.0858. The van der Waals surface area contributed by atoms with Crippen LogP contribution in [-0.4, -0.2) is 35.1 Å². The van der Waals surface area contributed by atoms with Crippen molar-refractivity contribution in [2.45, 2.75) is 45.6 Å². The van der Waals surface area contributed by atoms with E-state index in [1.54, 1.807) is 0 Å². The number of likely N-dealkylation sites (tertiary alicyclic amines) is 1. The molecule has 1 N–H and O–H groups in total. The van der Waals surface area contributed by atoms with E-state index >= 15 is 0 Å². The van der Waals surface area contributed by atoms with Crippen molar-refractivity contribution in [2.24, 2.45) is 11.3 Å². The SMILES string of the molecule is CC1(C)CC1C(=O)N1CCCCC1CO. The maximum absolute atomic E-state index is 12.2. The second kappa shape index (κ2) is 3.78. The molecule has 1 saturated heterocycles. The van der Waals surface area contributed by atoms with Gasteiger partial charge in [-0.3, -0.25) is 4.79 Å². The van der Waals surface area contributed by atoms with E-state index in [1.807, 2.05) is 4.90 Å². The molecule has 86 valence electrons. The van der Waals surface area contributed by atoms with Crippen LogP contribution >= 0.6 is 0 Å². The average molecular weight is 211 g/mol. The Bertz CT molecular complexity index is 262. The third-order valence-corrected chi connectivity index (χ3v) is 3.93. The van der Waals surface area contributed by atoms with Crippen molar-refractivity contribution in [2.75, 3.05) is 13.2 Å². The van der Waals surface area contributed by atoms with Crippen LogP contribution in [0.25, 0.3) is 0 Å². The van der Waals surface area contributed by atoms with Crippen LogP contribution in [0.15, 0.2) is 0 Å². The van der Waals surface area contributed by atoms with Gasteiger partial charge in [-0.1, -0.05) is 13.8 Å². The Morgan fingerprint density at radius 1 is 1.47 bits per heavy atom. The van der Waals surface area contributed by atoms with E-state index in [-0.39, 0.29) is 29.9 Å². The van der Waals surface area contributed by atoms with Crippen LogP contribution in [0.3, 0.4) is 0 Å². The topological polar surface area (TPSA) is 40.5 Å². The highest BCUT2D eigenvalue weighted by atomic mass is 16.3. The van der Waals surface area contributed by atoms with Gasteiger partial charge in [0.1, 0.15) is 0 Å². The summed E-state index contributed by atoms with van der Waals surface area (Å²) in [6.07, 6.45) is 4.22. The van der Waals surface area contributed by atoms with Crippen LogP contribution in [0.5, 0.6) is 0 Å². The molecule has 3 nitrogen and oxygen atoms in total. The molecule has 0 aromatic carbocycles. The lowest BCUT2D eigenvalue weighted by Crippen LogP contribution is -2.46.